The number of nitrogens with zero attached hydrogens (tertiary/aromatic N) is 2. The van der Waals surface area contributed by atoms with Crippen LogP contribution in [0.3, 0.4) is 0 Å². The average molecular weight is 620 g/mol. The number of carbonyl (C=O) groups excluding carboxylic acids is 1. The first-order chi connectivity index (χ1) is 19.8. The first kappa shape index (κ1) is 31.5. The molecule has 0 saturated carbocycles. The second-order valence-corrected chi connectivity index (χ2v) is 13.0. The van der Waals surface area contributed by atoms with Crippen molar-refractivity contribution in [3.05, 3.63) is 81.0 Å². The molecular weight excluding hydrogens is 582 g/mol. The molecule has 2 heterocycles. The lowest BCUT2D eigenvalue weighted by Gasteiger charge is -2.27. The van der Waals surface area contributed by atoms with Gasteiger partial charge < -0.3 is 14.4 Å². The summed E-state index contributed by atoms with van der Waals surface area (Å²) in [5, 5.41) is 4.54. The Morgan fingerprint density at radius 2 is 1.90 bits per heavy atom. The van der Waals surface area contributed by atoms with Crippen LogP contribution in [0, 0.1) is 0 Å². The van der Waals surface area contributed by atoms with Crippen LogP contribution in [0.15, 0.2) is 64.2 Å². The minimum Gasteiger partial charge on any atom is -0.492 e. The summed E-state index contributed by atoms with van der Waals surface area (Å²) in [7, 11) is -3.53. The molecule has 0 spiro atoms. The van der Waals surface area contributed by atoms with Gasteiger partial charge in [-0.2, -0.15) is 11.3 Å². The maximum Gasteiger partial charge on any atom is 0.240 e. The van der Waals surface area contributed by atoms with Crippen LogP contribution in [-0.4, -0.2) is 76.7 Å². The minimum absolute atomic E-state index is 0.00519. The number of amides is 1. The molecule has 0 unspecified atom stereocenters. The number of ether oxygens (including phenoxy) is 2. The number of nitrogens with one attached hydrogen (secondary N) is 1. The van der Waals surface area contributed by atoms with Crippen LogP contribution in [0.1, 0.15) is 30.0 Å². The highest BCUT2D eigenvalue weighted by molar-refractivity contribution is 7.89. The number of rotatable bonds is 15. The fourth-order valence-electron chi connectivity index (χ4n) is 4.52. The molecule has 1 amide bonds. The van der Waals surface area contributed by atoms with E-state index in [9.17, 15) is 13.2 Å². The quantitative estimate of drug-likeness (QED) is 0.267. The number of morpholine rings is 1. The summed E-state index contributed by atoms with van der Waals surface area (Å²) >= 11 is 7.94. The van der Waals surface area contributed by atoms with E-state index in [4.69, 9.17) is 21.1 Å². The first-order valence-corrected chi connectivity index (χ1v) is 16.7. The second kappa shape index (κ2) is 15.7. The van der Waals surface area contributed by atoms with E-state index in [1.54, 1.807) is 29.5 Å². The molecular formula is C30H38ClN3O5S2. The fourth-order valence-corrected chi connectivity index (χ4v) is 6.52. The number of carbonyl (C=O) groups is 1. The maximum atomic E-state index is 13.5. The summed E-state index contributed by atoms with van der Waals surface area (Å²) in [4.78, 5) is 17.9. The third kappa shape index (κ3) is 9.80. The molecule has 0 atom stereocenters. The van der Waals surface area contributed by atoms with Gasteiger partial charge in [0, 0.05) is 49.9 Å². The Bertz CT molecular complexity index is 1340. The van der Waals surface area contributed by atoms with E-state index in [2.05, 4.69) is 9.62 Å². The lowest BCUT2D eigenvalue weighted by Crippen LogP contribution is -2.38. The van der Waals surface area contributed by atoms with Crippen LogP contribution in [-0.2, 0) is 38.9 Å². The van der Waals surface area contributed by atoms with E-state index in [0.29, 0.717) is 49.9 Å². The van der Waals surface area contributed by atoms with E-state index in [-0.39, 0.29) is 10.8 Å². The zero-order valence-corrected chi connectivity index (χ0v) is 25.8. The third-order valence-electron chi connectivity index (χ3n) is 6.89. The van der Waals surface area contributed by atoms with Gasteiger partial charge in [0.25, 0.3) is 0 Å². The summed E-state index contributed by atoms with van der Waals surface area (Å²) in [6.45, 7) is 7.71. The van der Waals surface area contributed by atoms with Gasteiger partial charge in [-0.1, -0.05) is 30.7 Å². The predicted octanol–water partition coefficient (Wildman–Crippen LogP) is 4.61. The zero-order valence-electron chi connectivity index (χ0n) is 23.4. The van der Waals surface area contributed by atoms with Gasteiger partial charge in [0.2, 0.25) is 15.9 Å². The molecule has 0 aliphatic carbocycles. The highest BCUT2D eigenvalue weighted by Gasteiger charge is 2.19. The number of sulfonamides is 1. The summed E-state index contributed by atoms with van der Waals surface area (Å²) in [5.41, 5.74) is 2.77. The number of hydrogen-bond acceptors (Lipinski definition) is 7. The van der Waals surface area contributed by atoms with E-state index in [0.717, 1.165) is 56.0 Å². The topological polar surface area (TPSA) is 88.2 Å². The molecule has 0 bridgehead atoms. The van der Waals surface area contributed by atoms with Crippen LogP contribution in [0.5, 0.6) is 5.75 Å². The molecule has 4 rings (SSSR count). The SMILES string of the molecule is CCCNS(=O)(=O)c1ccc(CCN(Cc2cc(Cl)ccc2OCCN2CCOCC2)C(=O)Cc2ccsc2)cc1. The van der Waals surface area contributed by atoms with Crippen molar-refractivity contribution in [2.45, 2.75) is 37.6 Å². The van der Waals surface area contributed by atoms with E-state index < -0.39 is 10.0 Å². The molecule has 41 heavy (non-hydrogen) atoms. The summed E-state index contributed by atoms with van der Waals surface area (Å²) in [6.07, 6.45) is 1.60. The minimum atomic E-state index is -3.53. The van der Waals surface area contributed by atoms with Gasteiger partial charge in [-0.25, -0.2) is 13.1 Å². The molecule has 11 heteroatoms. The Morgan fingerprint density at radius 3 is 2.61 bits per heavy atom. The van der Waals surface area contributed by atoms with Crippen molar-refractivity contribution in [1.29, 1.82) is 0 Å². The Morgan fingerprint density at radius 1 is 1.12 bits per heavy atom. The normalized spacial score (nSPS) is 14.2. The largest absolute Gasteiger partial charge is 0.492 e. The molecule has 1 aliphatic rings. The van der Waals surface area contributed by atoms with Crippen LogP contribution in [0.4, 0.5) is 0 Å². The average Bonchev–Trinajstić information content (AvgIpc) is 3.49. The van der Waals surface area contributed by atoms with Crippen molar-refractivity contribution in [1.82, 2.24) is 14.5 Å². The van der Waals surface area contributed by atoms with Crippen molar-refractivity contribution in [3.8, 4) is 5.75 Å². The molecule has 1 N–H and O–H groups in total. The van der Waals surface area contributed by atoms with Gasteiger partial charge in [-0.05, 0) is 71.1 Å². The maximum absolute atomic E-state index is 13.5. The third-order valence-corrected chi connectivity index (χ3v) is 9.33. The van der Waals surface area contributed by atoms with Crippen molar-refractivity contribution >= 4 is 38.9 Å². The van der Waals surface area contributed by atoms with Gasteiger partial charge >= 0.3 is 0 Å². The van der Waals surface area contributed by atoms with Gasteiger partial charge in [0.1, 0.15) is 12.4 Å². The molecule has 8 nitrogen and oxygen atoms in total. The Labute approximate surface area is 252 Å². The standard InChI is InChI=1S/C30H38ClN3O5S2/c1-2-11-32-41(36,37)28-6-3-24(4-7-28)9-12-34(30(35)20-25-10-19-40-23-25)22-26-21-27(31)5-8-29(26)39-18-15-33-13-16-38-17-14-33/h3-8,10,19,21,23,32H,2,9,11-18,20,22H2,1H3. The van der Waals surface area contributed by atoms with Crippen molar-refractivity contribution < 1.29 is 22.7 Å². The number of thiophene rings is 1. The molecule has 3 aromatic rings. The fraction of sp³-hybridized carbons (Fsp3) is 0.433. The number of hydrogen-bond donors (Lipinski definition) is 1. The number of benzene rings is 2. The molecule has 2 aromatic carbocycles. The van der Waals surface area contributed by atoms with E-state index in [1.807, 2.05) is 52.9 Å². The lowest BCUT2D eigenvalue weighted by molar-refractivity contribution is -0.131. The van der Waals surface area contributed by atoms with Crippen molar-refractivity contribution in [2.24, 2.45) is 0 Å². The molecule has 222 valence electrons. The van der Waals surface area contributed by atoms with E-state index in [1.165, 1.54) is 0 Å². The van der Waals surface area contributed by atoms with Gasteiger partial charge in [-0.3, -0.25) is 9.69 Å². The van der Waals surface area contributed by atoms with E-state index >= 15 is 0 Å². The predicted molar refractivity (Wildman–Crippen MR) is 163 cm³/mol. The highest BCUT2D eigenvalue weighted by Crippen LogP contribution is 2.25. The molecule has 1 aliphatic heterocycles. The zero-order chi connectivity index (χ0) is 29.1. The van der Waals surface area contributed by atoms with Crippen LogP contribution >= 0.6 is 22.9 Å². The van der Waals surface area contributed by atoms with Gasteiger partial charge in [0.15, 0.2) is 0 Å². The Balaban J connectivity index is 1.45. The smallest absolute Gasteiger partial charge is 0.240 e. The molecule has 0 radical (unpaired) electrons. The van der Waals surface area contributed by atoms with Gasteiger partial charge in [-0.15, -0.1) is 0 Å². The molecule has 1 aromatic heterocycles. The van der Waals surface area contributed by atoms with Crippen LogP contribution < -0.4 is 9.46 Å². The Hall–Kier alpha value is -2.47. The highest BCUT2D eigenvalue weighted by atomic mass is 35.5. The second-order valence-electron chi connectivity index (χ2n) is 9.97. The molecule has 1 fully saturated rings. The van der Waals surface area contributed by atoms with Crippen molar-refractivity contribution in [2.75, 3.05) is 52.5 Å². The van der Waals surface area contributed by atoms with Crippen LogP contribution in [0.25, 0.3) is 0 Å². The lowest BCUT2D eigenvalue weighted by atomic mass is 10.1. The molecule has 1 saturated heterocycles. The summed E-state index contributed by atoms with van der Waals surface area (Å²) in [5.74, 6) is 0.718. The van der Waals surface area contributed by atoms with Crippen LogP contribution in [0.2, 0.25) is 5.02 Å². The monoisotopic (exact) mass is 619 g/mol. The Kier molecular flexibility index (Phi) is 12.0. The summed E-state index contributed by atoms with van der Waals surface area (Å²) < 4.78 is 39.1. The first-order valence-electron chi connectivity index (χ1n) is 13.9. The summed E-state index contributed by atoms with van der Waals surface area (Å²) in [6, 6.07) is 14.3. The number of halogens is 1. The van der Waals surface area contributed by atoms with Gasteiger partial charge in [0.05, 0.1) is 24.5 Å². The van der Waals surface area contributed by atoms with Crippen molar-refractivity contribution in [3.63, 3.8) is 0 Å².